The van der Waals surface area contributed by atoms with Gasteiger partial charge in [0.1, 0.15) is 0 Å². The van der Waals surface area contributed by atoms with Crippen LogP contribution in [-0.4, -0.2) is 26.9 Å². The zero-order chi connectivity index (χ0) is 9.26. The fourth-order valence-electron chi connectivity index (χ4n) is 1.05. The van der Waals surface area contributed by atoms with Crippen molar-refractivity contribution in [2.24, 2.45) is 5.73 Å². The molecule has 15 heavy (non-hydrogen) atoms. The Labute approximate surface area is 98.6 Å². The van der Waals surface area contributed by atoms with Gasteiger partial charge in [-0.1, -0.05) is 0 Å². The SMILES string of the molecule is COc1ccc2nnc(CN)n2n1.Cl.Cl. The molecule has 0 saturated carbocycles. The van der Waals surface area contributed by atoms with Crippen molar-refractivity contribution in [3.05, 3.63) is 18.0 Å². The van der Waals surface area contributed by atoms with Gasteiger partial charge in [0.25, 0.3) is 0 Å². The van der Waals surface area contributed by atoms with E-state index in [0.29, 0.717) is 23.9 Å². The molecule has 2 aromatic rings. The van der Waals surface area contributed by atoms with E-state index in [1.165, 1.54) is 0 Å². The maximum atomic E-state index is 5.45. The summed E-state index contributed by atoms with van der Waals surface area (Å²) < 4.78 is 6.53. The van der Waals surface area contributed by atoms with Crippen LogP contribution in [0.15, 0.2) is 12.1 Å². The van der Waals surface area contributed by atoms with E-state index in [9.17, 15) is 0 Å². The van der Waals surface area contributed by atoms with Crippen LogP contribution in [0.25, 0.3) is 5.65 Å². The van der Waals surface area contributed by atoms with Crippen LogP contribution >= 0.6 is 24.8 Å². The Bertz CT molecular complexity index is 432. The first kappa shape index (κ1) is 13.9. The van der Waals surface area contributed by atoms with E-state index in [1.807, 2.05) is 0 Å². The lowest BCUT2D eigenvalue weighted by Gasteiger charge is -1.98. The third kappa shape index (κ3) is 2.47. The number of nitrogens with two attached hydrogens (primary N) is 1. The number of fused-ring (bicyclic) bond motifs is 1. The summed E-state index contributed by atoms with van der Waals surface area (Å²) in [6.07, 6.45) is 0. The summed E-state index contributed by atoms with van der Waals surface area (Å²) in [7, 11) is 1.56. The first-order chi connectivity index (χ1) is 6.35. The first-order valence-electron chi connectivity index (χ1n) is 3.80. The van der Waals surface area contributed by atoms with Gasteiger partial charge >= 0.3 is 0 Å². The van der Waals surface area contributed by atoms with Crippen molar-refractivity contribution in [2.45, 2.75) is 6.54 Å². The minimum absolute atomic E-state index is 0. The van der Waals surface area contributed by atoms with Gasteiger partial charge in [0.15, 0.2) is 11.5 Å². The fraction of sp³-hybridized carbons (Fsp3) is 0.286. The van der Waals surface area contributed by atoms with Crippen molar-refractivity contribution in [3.8, 4) is 5.88 Å². The highest BCUT2D eigenvalue weighted by atomic mass is 35.5. The Balaban J connectivity index is 0.000000980. The molecule has 0 spiro atoms. The summed E-state index contributed by atoms with van der Waals surface area (Å²) in [5.41, 5.74) is 6.12. The smallest absolute Gasteiger partial charge is 0.231 e. The first-order valence-corrected chi connectivity index (χ1v) is 3.80. The van der Waals surface area contributed by atoms with Crippen molar-refractivity contribution in [1.82, 2.24) is 19.8 Å². The predicted molar refractivity (Wildman–Crippen MR) is 59.7 cm³/mol. The summed E-state index contributed by atoms with van der Waals surface area (Å²) in [5, 5.41) is 11.9. The number of ether oxygens (including phenoxy) is 1. The zero-order valence-electron chi connectivity index (χ0n) is 7.95. The third-order valence-electron chi connectivity index (χ3n) is 1.69. The molecule has 8 heteroatoms. The third-order valence-corrected chi connectivity index (χ3v) is 1.69. The second-order valence-corrected chi connectivity index (χ2v) is 2.47. The molecular weight excluding hydrogens is 241 g/mol. The fourth-order valence-corrected chi connectivity index (χ4v) is 1.05. The van der Waals surface area contributed by atoms with Gasteiger partial charge in [-0.2, -0.15) is 4.52 Å². The molecule has 2 aromatic heterocycles. The number of methoxy groups -OCH3 is 1. The van der Waals surface area contributed by atoms with Crippen molar-refractivity contribution in [3.63, 3.8) is 0 Å². The Morgan fingerprint density at radius 2 is 2.07 bits per heavy atom. The van der Waals surface area contributed by atoms with Crippen LogP contribution in [0.4, 0.5) is 0 Å². The van der Waals surface area contributed by atoms with Gasteiger partial charge in [0, 0.05) is 6.07 Å². The molecule has 0 amide bonds. The van der Waals surface area contributed by atoms with Crippen molar-refractivity contribution < 1.29 is 4.74 Å². The molecule has 2 heterocycles. The standard InChI is InChI=1S/C7H9N5O.2ClH/c1-13-7-3-2-5-9-10-6(4-8)12(5)11-7;;/h2-3H,4,8H2,1H3;2*1H. The minimum Gasteiger partial charge on any atom is -0.480 e. The van der Waals surface area contributed by atoms with Crippen molar-refractivity contribution in [1.29, 1.82) is 0 Å². The zero-order valence-corrected chi connectivity index (χ0v) is 9.59. The van der Waals surface area contributed by atoms with E-state index in [-0.39, 0.29) is 24.8 Å². The Kier molecular flexibility index (Phi) is 5.27. The lowest BCUT2D eigenvalue weighted by Crippen LogP contribution is -2.05. The van der Waals surface area contributed by atoms with Gasteiger partial charge in [0.2, 0.25) is 5.88 Å². The van der Waals surface area contributed by atoms with Gasteiger partial charge in [-0.15, -0.1) is 40.1 Å². The van der Waals surface area contributed by atoms with Gasteiger partial charge in [-0.25, -0.2) is 0 Å². The molecule has 0 saturated heterocycles. The molecule has 0 aliphatic rings. The molecule has 0 atom stereocenters. The van der Waals surface area contributed by atoms with Crippen LogP contribution in [0.3, 0.4) is 0 Å². The second kappa shape index (κ2) is 5.69. The van der Waals surface area contributed by atoms with Crippen LogP contribution in [0.1, 0.15) is 5.82 Å². The van der Waals surface area contributed by atoms with E-state index in [1.54, 1.807) is 23.8 Å². The molecule has 0 fully saturated rings. The normalized spacial score (nSPS) is 9.20. The molecule has 0 radical (unpaired) electrons. The predicted octanol–water partition coefficient (Wildman–Crippen LogP) is 0.435. The largest absolute Gasteiger partial charge is 0.480 e. The summed E-state index contributed by atoms with van der Waals surface area (Å²) in [6.45, 7) is 0.307. The van der Waals surface area contributed by atoms with Gasteiger partial charge in [-0.3, -0.25) is 0 Å². The maximum absolute atomic E-state index is 5.45. The summed E-state index contributed by atoms with van der Waals surface area (Å²) in [6, 6.07) is 3.50. The summed E-state index contributed by atoms with van der Waals surface area (Å²) in [5.74, 6) is 1.14. The van der Waals surface area contributed by atoms with Crippen LogP contribution < -0.4 is 10.5 Å². The monoisotopic (exact) mass is 251 g/mol. The van der Waals surface area contributed by atoms with Crippen LogP contribution in [-0.2, 0) is 6.54 Å². The van der Waals surface area contributed by atoms with Crippen LogP contribution in [0.5, 0.6) is 5.88 Å². The lowest BCUT2D eigenvalue weighted by molar-refractivity contribution is 0.389. The molecule has 2 N–H and O–H groups in total. The highest BCUT2D eigenvalue weighted by Crippen LogP contribution is 2.07. The van der Waals surface area contributed by atoms with Crippen LogP contribution in [0, 0.1) is 0 Å². The van der Waals surface area contributed by atoms with E-state index >= 15 is 0 Å². The molecular formula is C7H11Cl2N5O. The number of rotatable bonds is 2. The molecule has 0 aliphatic carbocycles. The molecule has 0 aliphatic heterocycles. The average Bonchev–Trinajstić information content (AvgIpc) is 2.59. The average molecular weight is 252 g/mol. The van der Waals surface area contributed by atoms with Crippen LogP contribution in [0.2, 0.25) is 0 Å². The Hall–Kier alpha value is -1.11. The highest BCUT2D eigenvalue weighted by Gasteiger charge is 2.04. The van der Waals surface area contributed by atoms with Gasteiger partial charge < -0.3 is 10.5 Å². The van der Waals surface area contributed by atoms with E-state index < -0.39 is 0 Å². The second-order valence-electron chi connectivity index (χ2n) is 2.47. The van der Waals surface area contributed by atoms with Gasteiger partial charge in [0.05, 0.1) is 13.7 Å². The Morgan fingerprint density at radius 1 is 1.33 bits per heavy atom. The number of halogens is 2. The highest BCUT2D eigenvalue weighted by molar-refractivity contribution is 5.85. The number of hydrogen-bond donors (Lipinski definition) is 1. The number of aromatic nitrogens is 4. The summed E-state index contributed by atoms with van der Waals surface area (Å²) >= 11 is 0. The number of hydrogen-bond acceptors (Lipinski definition) is 5. The maximum Gasteiger partial charge on any atom is 0.231 e. The minimum atomic E-state index is 0. The molecule has 2 rings (SSSR count). The molecule has 0 aromatic carbocycles. The molecule has 84 valence electrons. The topological polar surface area (TPSA) is 78.3 Å². The van der Waals surface area contributed by atoms with E-state index in [0.717, 1.165) is 0 Å². The lowest BCUT2D eigenvalue weighted by atomic mass is 10.5. The molecule has 0 bridgehead atoms. The van der Waals surface area contributed by atoms with Crippen molar-refractivity contribution in [2.75, 3.05) is 7.11 Å². The molecule has 0 unspecified atom stereocenters. The molecule has 6 nitrogen and oxygen atoms in total. The Morgan fingerprint density at radius 3 is 2.67 bits per heavy atom. The number of nitrogens with zero attached hydrogens (tertiary/aromatic N) is 4. The quantitative estimate of drug-likeness (QED) is 0.838. The van der Waals surface area contributed by atoms with E-state index in [2.05, 4.69) is 15.3 Å². The van der Waals surface area contributed by atoms with Crippen molar-refractivity contribution >= 4 is 30.5 Å². The summed E-state index contributed by atoms with van der Waals surface area (Å²) in [4.78, 5) is 0. The van der Waals surface area contributed by atoms with E-state index in [4.69, 9.17) is 10.5 Å². The van der Waals surface area contributed by atoms with Gasteiger partial charge in [-0.05, 0) is 6.07 Å².